The highest BCUT2D eigenvalue weighted by Gasteiger charge is 2.63. The Morgan fingerprint density at radius 1 is 0.804 bits per heavy atom. The van der Waals surface area contributed by atoms with E-state index in [9.17, 15) is 23.1 Å². The molecule has 10 unspecified atom stereocenters. The SMILES string of the molecule is CCCCCCCCC/C=C\CCCCCCCCCC(=O)OC1CCC2(C)C(CCC3C2CC(O)C2(C)C(C(C)CCC(=O)NCCS(=O)(=O)O)CCC32)C1. The summed E-state index contributed by atoms with van der Waals surface area (Å²) in [7, 11) is -4.10. The molecule has 4 rings (SSSR count). The highest BCUT2D eigenvalue weighted by Crippen LogP contribution is 2.68. The fourth-order valence-corrected chi connectivity index (χ4v) is 12.7. The topological polar surface area (TPSA) is 130 Å². The summed E-state index contributed by atoms with van der Waals surface area (Å²) in [5, 5.41) is 14.6. The summed E-state index contributed by atoms with van der Waals surface area (Å²) in [6, 6.07) is 0. The van der Waals surface area contributed by atoms with E-state index in [1.165, 1.54) is 103 Å². The van der Waals surface area contributed by atoms with Crippen molar-refractivity contribution in [3.8, 4) is 0 Å². The molecule has 0 radical (unpaired) electrons. The van der Waals surface area contributed by atoms with Crippen molar-refractivity contribution in [1.82, 2.24) is 5.32 Å². The van der Waals surface area contributed by atoms with Crippen molar-refractivity contribution < 1.29 is 32.4 Å². The van der Waals surface area contributed by atoms with Gasteiger partial charge < -0.3 is 15.2 Å². The normalized spacial score (nSPS) is 32.1. The van der Waals surface area contributed by atoms with Crippen molar-refractivity contribution >= 4 is 22.0 Å². The Hall–Kier alpha value is -1.45. The van der Waals surface area contributed by atoms with Crippen molar-refractivity contribution in [2.75, 3.05) is 12.3 Å². The van der Waals surface area contributed by atoms with Crippen molar-refractivity contribution in [3.05, 3.63) is 12.2 Å². The van der Waals surface area contributed by atoms with Crippen LogP contribution in [0.1, 0.15) is 201 Å². The number of carbonyl (C=O) groups is 2. The Labute approximate surface area is 342 Å². The van der Waals surface area contributed by atoms with E-state index in [0.717, 1.165) is 51.4 Å². The van der Waals surface area contributed by atoms with Gasteiger partial charge in [0.05, 0.1) is 11.9 Å². The third-order valence-corrected chi connectivity index (χ3v) is 16.4. The molecule has 0 aromatic carbocycles. The molecule has 4 aliphatic carbocycles. The van der Waals surface area contributed by atoms with Crippen LogP contribution in [0.2, 0.25) is 0 Å². The van der Waals surface area contributed by atoms with Crippen LogP contribution in [-0.2, 0) is 24.4 Å². The maximum Gasteiger partial charge on any atom is 0.306 e. The Bertz CT molecular complexity index is 1320. The second-order valence-corrected chi connectivity index (χ2v) is 21.0. The van der Waals surface area contributed by atoms with Crippen molar-refractivity contribution in [2.45, 2.75) is 213 Å². The van der Waals surface area contributed by atoms with E-state index >= 15 is 0 Å². The lowest BCUT2D eigenvalue weighted by Gasteiger charge is -2.62. The largest absolute Gasteiger partial charge is 0.462 e. The van der Waals surface area contributed by atoms with Gasteiger partial charge in [-0.3, -0.25) is 14.1 Å². The number of aliphatic hydroxyl groups is 1. The van der Waals surface area contributed by atoms with Crippen LogP contribution in [0, 0.1) is 46.3 Å². The average molecular weight is 806 g/mol. The van der Waals surface area contributed by atoms with Crippen LogP contribution in [0.15, 0.2) is 12.2 Å². The molecule has 324 valence electrons. The van der Waals surface area contributed by atoms with Crippen LogP contribution >= 0.6 is 0 Å². The minimum atomic E-state index is -4.10. The summed E-state index contributed by atoms with van der Waals surface area (Å²) in [5.41, 5.74) is 0.00321. The number of fused-ring (bicyclic) bond motifs is 5. The highest BCUT2D eigenvalue weighted by molar-refractivity contribution is 7.85. The second-order valence-electron chi connectivity index (χ2n) is 19.4. The molecular weight excluding hydrogens is 723 g/mol. The van der Waals surface area contributed by atoms with Crippen LogP contribution in [0.25, 0.3) is 0 Å². The molecule has 0 heterocycles. The number of nitrogens with one attached hydrogen (secondary N) is 1. The summed E-state index contributed by atoms with van der Waals surface area (Å²) >= 11 is 0. The summed E-state index contributed by atoms with van der Waals surface area (Å²) in [4.78, 5) is 25.3. The molecule has 0 bridgehead atoms. The zero-order valence-corrected chi connectivity index (χ0v) is 36.9. The van der Waals surface area contributed by atoms with Crippen LogP contribution in [-0.4, -0.2) is 54.5 Å². The van der Waals surface area contributed by atoms with Crippen molar-refractivity contribution in [2.24, 2.45) is 46.3 Å². The zero-order valence-electron chi connectivity index (χ0n) is 36.1. The molecule has 0 aliphatic heterocycles. The van der Waals surface area contributed by atoms with Crippen molar-refractivity contribution in [3.63, 3.8) is 0 Å². The number of allylic oxidation sites excluding steroid dienone is 2. The molecule has 9 heteroatoms. The van der Waals surface area contributed by atoms with Crippen LogP contribution in [0.5, 0.6) is 0 Å². The first kappa shape index (κ1) is 47.2. The second kappa shape index (κ2) is 23.4. The van der Waals surface area contributed by atoms with E-state index in [4.69, 9.17) is 9.29 Å². The Morgan fingerprint density at radius 2 is 1.43 bits per heavy atom. The molecule has 1 amide bonds. The van der Waals surface area contributed by atoms with Gasteiger partial charge in [-0.25, -0.2) is 0 Å². The van der Waals surface area contributed by atoms with E-state index < -0.39 is 15.9 Å². The number of hydrogen-bond acceptors (Lipinski definition) is 6. The number of hydrogen-bond donors (Lipinski definition) is 3. The molecule has 0 aromatic heterocycles. The molecule has 56 heavy (non-hydrogen) atoms. The first-order valence-corrected chi connectivity index (χ1v) is 25.1. The summed E-state index contributed by atoms with van der Waals surface area (Å²) in [6.07, 6.45) is 34.9. The zero-order chi connectivity index (χ0) is 40.6. The third-order valence-electron chi connectivity index (χ3n) is 15.7. The number of aliphatic hydroxyl groups excluding tert-OH is 1. The van der Waals surface area contributed by atoms with Crippen molar-refractivity contribution in [1.29, 1.82) is 0 Å². The monoisotopic (exact) mass is 806 g/mol. The number of unbranched alkanes of at least 4 members (excludes halogenated alkanes) is 14. The molecule has 0 spiro atoms. The molecule has 3 N–H and O–H groups in total. The van der Waals surface area contributed by atoms with Gasteiger partial charge in [-0.1, -0.05) is 110 Å². The maximum absolute atomic E-state index is 12.9. The van der Waals surface area contributed by atoms with E-state index in [2.05, 4.69) is 45.2 Å². The fraction of sp³-hybridized carbons (Fsp3) is 0.915. The minimum absolute atomic E-state index is 0.0128. The molecule has 0 saturated heterocycles. The summed E-state index contributed by atoms with van der Waals surface area (Å²) in [6.45, 7) is 9.20. The fourth-order valence-electron chi connectivity index (χ4n) is 12.3. The van der Waals surface area contributed by atoms with Crippen LogP contribution in [0.3, 0.4) is 0 Å². The summed E-state index contributed by atoms with van der Waals surface area (Å²) < 4.78 is 37.0. The minimum Gasteiger partial charge on any atom is -0.462 e. The van der Waals surface area contributed by atoms with Gasteiger partial charge in [0.15, 0.2) is 0 Å². The predicted molar refractivity (Wildman–Crippen MR) is 228 cm³/mol. The van der Waals surface area contributed by atoms with Gasteiger partial charge in [-0.05, 0) is 136 Å². The highest BCUT2D eigenvalue weighted by atomic mass is 32.2. The first-order valence-electron chi connectivity index (χ1n) is 23.5. The molecule has 0 aromatic rings. The smallest absolute Gasteiger partial charge is 0.306 e. The Balaban J connectivity index is 1.09. The number of esters is 1. The molecule has 10 atom stereocenters. The van der Waals surface area contributed by atoms with Gasteiger partial charge in [0, 0.05) is 19.4 Å². The predicted octanol–water partition coefficient (Wildman–Crippen LogP) is 11.2. The number of carbonyl (C=O) groups excluding carboxylic acids is 2. The third kappa shape index (κ3) is 13.8. The first-order chi connectivity index (χ1) is 26.8. The molecular formula is C47H83NO7S. The lowest BCUT2D eigenvalue weighted by atomic mass is 9.43. The van der Waals surface area contributed by atoms with E-state index in [0.29, 0.717) is 48.9 Å². The maximum atomic E-state index is 12.9. The van der Waals surface area contributed by atoms with Gasteiger partial charge in [-0.15, -0.1) is 0 Å². The van der Waals surface area contributed by atoms with Gasteiger partial charge in [0.25, 0.3) is 10.1 Å². The number of amides is 1. The van der Waals surface area contributed by atoms with Gasteiger partial charge in [0.1, 0.15) is 6.10 Å². The van der Waals surface area contributed by atoms with Crippen LogP contribution < -0.4 is 5.32 Å². The van der Waals surface area contributed by atoms with Crippen LogP contribution in [0.4, 0.5) is 0 Å². The molecule has 4 saturated carbocycles. The lowest BCUT2D eigenvalue weighted by Crippen LogP contribution is -2.59. The summed E-state index contributed by atoms with van der Waals surface area (Å²) in [5.74, 6) is 2.03. The van der Waals surface area contributed by atoms with Gasteiger partial charge in [-0.2, -0.15) is 8.42 Å². The Kier molecular flexibility index (Phi) is 19.7. The molecule has 4 aliphatic rings. The van der Waals surface area contributed by atoms with Gasteiger partial charge >= 0.3 is 5.97 Å². The van der Waals surface area contributed by atoms with E-state index in [1.54, 1.807) is 0 Å². The molecule has 8 nitrogen and oxygen atoms in total. The Morgan fingerprint density at radius 3 is 2.07 bits per heavy atom. The standard InChI is InChI=1S/C47H83NO7S/c1-5-6-7-8-9-10-11-12-13-14-15-16-17-18-19-20-21-22-23-45(51)55-38-30-31-46(3)37(34-38)25-26-39-41-28-27-40(47(41,4)43(49)35-42(39)46)36(2)24-29-44(50)48-32-33-56(52,53)54/h13-14,36-43,49H,5-12,15-35H2,1-4H3,(H,48,50)(H,52,53,54)/b14-13-. The van der Waals surface area contributed by atoms with E-state index in [1.807, 2.05) is 0 Å². The van der Waals surface area contributed by atoms with E-state index in [-0.39, 0.29) is 47.4 Å². The average Bonchev–Trinajstić information content (AvgIpc) is 3.52. The molecule has 4 fully saturated rings. The van der Waals surface area contributed by atoms with Gasteiger partial charge in [0.2, 0.25) is 5.91 Å². The lowest BCUT2D eigenvalue weighted by molar-refractivity contribution is -0.181. The number of ether oxygens (including phenoxy) is 1. The quantitative estimate of drug-likeness (QED) is 0.0343. The number of rotatable bonds is 26.